The number of hydrogen-bond donors (Lipinski definition) is 1. The lowest BCUT2D eigenvalue weighted by Gasteiger charge is -2.09. The van der Waals surface area contributed by atoms with Gasteiger partial charge in [0.15, 0.2) is 0 Å². The summed E-state index contributed by atoms with van der Waals surface area (Å²) >= 11 is 0. The Labute approximate surface area is 118 Å². The van der Waals surface area contributed by atoms with Crippen molar-refractivity contribution in [2.24, 2.45) is 0 Å². The topological polar surface area (TPSA) is 38.7 Å². The molecule has 3 heteroatoms. The molecule has 0 bridgehead atoms. The molecule has 2 aromatic rings. The molecule has 1 heterocycles. The quantitative estimate of drug-likeness (QED) is 0.928. The molecule has 0 radical (unpaired) electrons. The molecule has 0 fully saturated rings. The first-order valence-corrected chi connectivity index (χ1v) is 6.53. The summed E-state index contributed by atoms with van der Waals surface area (Å²) in [5, 5.41) is 10.3. The molecule has 20 heavy (non-hydrogen) atoms. The lowest BCUT2D eigenvalue weighted by atomic mass is 10.0. The lowest BCUT2D eigenvalue weighted by Crippen LogP contribution is -1.95. The fourth-order valence-corrected chi connectivity index (χ4v) is 2.30. The standard InChI is InChI=1S/C17H16O3/c1-19-14-8-6-12(7-9-14)16(18)10-17-15-5-3-2-4-13(15)11-20-17/h2-10,16,18H,11H2,1H3/b17-10+. The fourth-order valence-electron chi connectivity index (χ4n) is 2.30. The Morgan fingerprint density at radius 3 is 2.65 bits per heavy atom. The molecule has 3 nitrogen and oxygen atoms in total. The van der Waals surface area contributed by atoms with E-state index in [1.165, 1.54) is 0 Å². The first kappa shape index (κ1) is 12.8. The molecule has 1 aliphatic rings. The van der Waals surface area contributed by atoms with E-state index < -0.39 is 6.10 Å². The van der Waals surface area contributed by atoms with Crippen LogP contribution in [-0.4, -0.2) is 12.2 Å². The van der Waals surface area contributed by atoms with Crippen LogP contribution in [0.4, 0.5) is 0 Å². The van der Waals surface area contributed by atoms with Crippen LogP contribution in [-0.2, 0) is 11.3 Å². The Kier molecular flexibility index (Phi) is 3.44. The Morgan fingerprint density at radius 1 is 1.15 bits per heavy atom. The summed E-state index contributed by atoms with van der Waals surface area (Å²) in [5.74, 6) is 1.51. The summed E-state index contributed by atoms with van der Waals surface area (Å²) in [7, 11) is 1.62. The molecule has 1 atom stereocenters. The molecule has 2 aromatic carbocycles. The number of ether oxygens (including phenoxy) is 2. The van der Waals surface area contributed by atoms with Crippen LogP contribution in [0.5, 0.6) is 5.75 Å². The van der Waals surface area contributed by atoms with Crippen molar-refractivity contribution in [1.82, 2.24) is 0 Å². The molecule has 0 spiro atoms. The third-order valence-corrected chi connectivity index (χ3v) is 3.43. The maximum absolute atomic E-state index is 10.3. The number of fused-ring (bicyclic) bond motifs is 1. The average Bonchev–Trinajstić information content (AvgIpc) is 2.91. The van der Waals surface area contributed by atoms with E-state index in [0.717, 1.165) is 28.2 Å². The zero-order chi connectivity index (χ0) is 13.9. The van der Waals surface area contributed by atoms with Crippen molar-refractivity contribution in [3.05, 3.63) is 71.3 Å². The number of hydrogen-bond acceptors (Lipinski definition) is 3. The second-order valence-corrected chi connectivity index (χ2v) is 4.69. The first-order valence-electron chi connectivity index (χ1n) is 6.53. The van der Waals surface area contributed by atoms with Gasteiger partial charge >= 0.3 is 0 Å². The van der Waals surface area contributed by atoms with Gasteiger partial charge in [-0.2, -0.15) is 0 Å². The highest BCUT2D eigenvalue weighted by Crippen LogP contribution is 2.31. The molecular formula is C17H16O3. The molecule has 1 aliphatic heterocycles. The van der Waals surface area contributed by atoms with Crippen LogP contribution in [0.3, 0.4) is 0 Å². The van der Waals surface area contributed by atoms with E-state index in [0.29, 0.717) is 6.61 Å². The van der Waals surface area contributed by atoms with Crippen LogP contribution >= 0.6 is 0 Å². The van der Waals surface area contributed by atoms with Crippen molar-refractivity contribution in [2.45, 2.75) is 12.7 Å². The summed E-state index contributed by atoms with van der Waals surface area (Å²) < 4.78 is 10.7. The Morgan fingerprint density at radius 2 is 1.90 bits per heavy atom. The SMILES string of the molecule is COc1ccc(C(O)/C=C2/OCc3ccccc32)cc1. The third-order valence-electron chi connectivity index (χ3n) is 3.43. The van der Waals surface area contributed by atoms with E-state index in [4.69, 9.17) is 9.47 Å². The monoisotopic (exact) mass is 268 g/mol. The van der Waals surface area contributed by atoms with Crippen molar-refractivity contribution in [3.63, 3.8) is 0 Å². The van der Waals surface area contributed by atoms with Crippen LogP contribution in [0.1, 0.15) is 22.8 Å². The fraction of sp³-hybridized carbons (Fsp3) is 0.176. The summed E-state index contributed by atoms with van der Waals surface area (Å²) in [4.78, 5) is 0. The van der Waals surface area contributed by atoms with Crippen molar-refractivity contribution >= 4 is 5.76 Å². The summed E-state index contributed by atoms with van der Waals surface area (Å²) in [6.07, 6.45) is 1.05. The van der Waals surface area contributed by atoms with Crippen molar-refractivity contribution in [3.8, 4) is 5.75 Å². The molecule has 3 rings (SSSR count). The Balaban J connectivity index is 1.85. The van der Waals surface area contributed by atoms with Crippen molar-refractivity contribution in [2.75, 3.05) is 7.11 Å². The van der Waals surface area contributed by atoms with E-state index >= 15 is 0 Å². The zero-order valence-corrected chi connectivity index (χ0v) is 11.2. The number of rotatable bonds is 3. The van der Waals surface area contributed by atoms with Gasteiger partial charge in [-0.25, -0.2) is 0 Å². The van der Waals surface area contributed by atoms with Gasteiger partial charge in [0.2, 0.25) is 0 Å². The largest absolute Gasteiger partial charge is 0.497 e. The van der Waals surface area contributed by atoms with Gasteiger partial charge in [-0.1, -0.05) is 36.4 Å². The Bertz CT molecular complexity index is 629. The van der Waals surface area contributed by atoms with Crippen molar-refractivity contribution in [1.29, 1.82) is 0 Å². The van der Waals surface area contributed by atoms with Gasteiger partial charge in [0, 0.05) is 11.1 Å². The minimum Gasteiger partial charge on any atom is -0.497 e. The molecule has 0 aromatic heterocycles. The minimum atomic E-state index is -0.693. The molecule has 0 amide bonds. The smallest absolute Gasteiger partial charge is 0.126 e. The van der Waals surface area contributed by atoms with Crippen LogP contribution < -0.4 is 4.74 Å². The zero-order valence-electron chi connectivity index (χ0n) is 11.2. The molecule has 0 aliphatic carbocycles. The van der Waals surface area contributed by atoms with Gasteiger partial charge in [0.05, 0.1) is 7.11 Å². The second-order valence-electron chi connectivity index (χ2n) is 4.69. The van der Waals surface area contributed by atoms with Crippen LogP contribution in [0.2, 0.25) is 0 Å². The maximum atomic E-state index is 10.3. The highest BCUT2D eigenvalue weighted by molar-refractivity contribution is 5.66. The number of methoxy groups -OCH3 is 1. The number of aliphatic hydroxyl groups excluding tert-OH is 1. The summed E-state index contributed by atoms with van der Waals surface area (Å²) in [6.45, 7) is 0.567. The van der Waals surface area contributed by atoms with Gasteiger partial charge in [0.1, 0.15) is 24.2 Å². The predicted octanol–water partition coefficient (Wildman–Crippen LogP) is 3.30. The normalized spacial score (nSPS) is 16.6. The van der Waals surface area contributed by atoms with Crippen molar-refractivity contribution < 1.29 is 14.6 Å². The minimum absolute atomic E-state index is 0.567. The predicted molar refractivity (Wildman–Crippen MR) is 77.2 cm³/mol. The highest BCUT2D eigenvalue weighted by atomic mass is 16.5. The van der Waals surface area contributed by atoms with Crippen LogP contribution in [0.15, 0.2) is 54.6 Å². The molecule has 0 saturated heterocycles. The number of aliphatic hydroxyl groups is 1. The van der Waals surface area contributed by atoms with Gasteiger partial charge in [-0.15, -0.1) is 0 Å². The second kappa shape index (κ2) is 5.39. The van der Waals surface area contributed by atoms with E-state index in [1.54, 1.807) is 13.2 Å². The average molecular weight is 268 g/mol. The van der Waals surface area contributed by atoms with Gasteiger partial charge in [-0.3, -0.25) is 0 Å². The van der Waals surface area contributed by atoms with Crippen LogP contribution in [0, 0.1) is 0 Å². The van der Waals surface area contributed by atoms with Gasteiger partial charge < -0.3 is 14.6 Å². The molecular weight excluding hydrogens is 252 g/mol. The number of benzene rings is 2. The van der Waals surface area contributed by atoms with E-state index in [2.05, 4.69) is 0 Å². The molecule has 102 valence electrons. The van der Waals surface area contributed by atoms with E-state index in [-0.39, 0.29) is 0 Å². The lowest BCUT2D eigenvalue weighted by molar-refractivity contribution is 0.220. The van der Waals surface area contributed by atoms with E-state index in [9.17, 15) is 5.11 Å². The third kappa shape index (κ3) is 2.40. The maximum Gasteiger partial charge on any atom is 0.126 e. The van der Waals surface area contributed by atoms with Gasteiger partial charge in [0.25, 0.3) is 0 Å². The van der Waals surface area contributed by atoms with Gasteiger partial charge in [-0.05, 0) is 23.8 Å². The highest BCUT2D eigenvalue weighted by Gasteiger charge is 2.18. The van der Waals surface area contributed by atoms with E-state index in [1.807, 2.05) is 48.5 Å². The summed E-state index contributed by atoms with van der Waals surface area (Å²) in [5.41, 5.74) is 3.02. The first-order chi connectivity index (χ1) is 9.78. The summed E-state index contributed by atoms with van der Waals surface area (Å²) in [6, 6.07) is 15.4. The molecule has 0 saturated carbocycles. The molecule has 1 N–H and O–H groups in total. The Hall–Kier alpha value is -2.26. The molecule has 1 unspecified atom stereocenters. The van der Waals surface area contributed by atoms with Crippen LogP contribution in [0.25, 0.3) is 5.76 Å².